The van der Waals surface area contributed by atoms with Crippen LogP contribution in [0.5, 0.6) is 5.75 Å². The molecule has 1 amide bonds. The van der Waals surface area contributed by atoms with Gasteiger partial charge in [0.15, 0.2) is 5.13 Å². The molecule has 3 aromatic rings. The van der Waals surface area contributed by atoms with Crippen molar-refractivity contribution < 1.29 is 17.9 Å². The van der Waals surface area contributed by atoms with Crippen molar-refractivity contribution in [2.75, 3.05) is 26.0 Å². The fourth-order valence-corrected chi connectivity index (χ4v) is 4.98. The van der Waals surface area contributed by atoms with Crippen LogP contribution in [0.2, 0.25) is 0 Å². The molecule has 0 spiro atoms. The number of sulfonamides is 1. The van der Waals surface area contributed by atoms with Gasteiger partial charge in [-0.25, -0.2) is 17.7 Å². The average Bonchev–Trinajstić information content (AvgIpc) is 3.27. The number of thiazole rings is 1. The first-order chi connectivity index (χ1) is 15.3. The van der Waals surface area contributed by atoms with Crippen molar-refractivity contribution in [3.05, 3.63) is 59.5 Å². The molecular weight excluding hydrogens is 446 g/mol. The van der Waals surface area contributed by atoms with Gasteiger partial charge in [0.05, 0.1) is 17.7 Å². The Balaban J connectivity index is 1.65. The van der Waals surface area contributed by atoms with E-state index in [0.717, 1.165) is 36.3 Å². The number of carbonyl (C=O) groups excluding carboxylic acids is 1. The summed E-state index contributed by atoms with van der Waals surface area (Å²) in [6.45, 7) is 2.54. The molecule has 0 radical (unpaired) electrons. The number of hydrogen-bond acceptors (Lipinski definition) is 6. The first kappa shape index (κ1) is 23.9. The van der Waals surface area contributed by atoms with E-state index in [2.05, 4.69) is 17.2 Å². The molecule has 0 fully saturated rings. The van der Waals surface area contributed by atoms with Crippen LogP contribution in [0.1, 0.15) is 36.5 Å². The van der Waals surface area contributed by atoms with Gasteiger partial charge in [0, 0.05) is 30.1 Å². The fraction of sp³-hybridized carbons (Fsp3) is 0.304. The van der Waals surface area contributed by atoms with Gasteiger partial charge in [0.2, 0.25) is 10.0 Å². The maximum atomic E-state index is 12.7. The minimum atomic E-state index is -3.57. The molecule has 1 heterocycles. The van der Waals surface area contributed by atoms with Gasteiger partial charge in [-0.1, -0.05) is 19.8 Å². The number of methoxy groups -OCH3 is 1. The Labute approximate surface area is 193 Å². The molecule has 0 aliphatic rings. The summed E-state index contributed by atoms with van der Waals surface area (Å²) < 4.78 is 31.9. The summed E-state index contributed by atoms with van der Waals surface area (Å²) >= 11 is 1.32. The smallest absolute Gasteiger partial charge is 0.257 e. The van der Waals surface area contributed by atoms with Crippen LogP contribution < -0.4 is 10.1 Å². The number of amides is 1. The molecule has 2 aromatic carbocycles. The Morgan fingerprint density at radius 1 is 1.09 bits per heavy atom. The summed E-state index contributed by atoms with van der Waals surface area (Å²) in [5.41, 5.74) is 2.03. The molecule has 0 saturated heterocycles. The zero-order chi connectivity index (χ0) is 23.1. The molecule has 0 bridgehead atoms. The van der Waals surface area contributed by atoms with Gasteiger partial charge in [0.1, 0.15) is 5.75 Å². The van der Waals surface area contributed by atoms with Crippen molar-refractivity contribution in [1.82, 2.24) is 9.29 Å². The summed E-state index contributed by atoms with van der Waals surface area (Å²) in [7, 11) is -0.382. The number of benzene rings is 2. The Hall–Kier alpha value is -2.75. The van der Waals surface area contributed by atoms with Crippen LogP contribution >= 0.6 is 11.3 Å². The van der Waals surface area contributed by atoms with E-state index in [-0.39, 0.29) is 10.8 Å². The SMILES string of the molecule is CCCCCN(C)S(=O)(=O)c1ccc(C(=O)Nc2nc(-c3ccc(OC)cc3)cs2)cc1. The highest BCUT2D eigenvalue weighted by molar-refractivity contribution is 7.89. The maximum absolute atomic E-state index is 12.7. The standard InChI is InChI=1S/C23H27N3O4S2/c1-4-5-6-15-26(2)32(28,29)20-13-9-18(10-14-20)22(27)25-23-24-21(16-31-23)17-7-11-19(30-3)12-8-17/h7-14,16H,4-6,15H2,1-3H3,(H,24,25,27). The lowest BCUT2D eigenvalue weighted by Crippen LogP contribution is -2.28. The number of anilines is 1. The van der Waals surface area contributed by atoms with Crippen molar-refractivity contribution in [3.8, 4) is 17.0 Å². The predicted molar refractivity (Wildman–Crippen MR) is 128 cm³/mol. The van der Waals surface area contributed by atoms with Crippen molar-refractivity contribution in [3.63, 3.8) is 0 Å². The predicted octanol–water partition coefficient (Wildman–Crippen LogP) is 4.88. The summed E-state index contributed by atoms with van der Waals surface area (Å²) in [6, 6.07) is 13.5. The third kappa shape index (κ3) is 5.73. The molecule has 7 nitrogen and oxygen atoms in total. The van der Waals surface area contributed by atoms with Crippen LogP contribution in [0.25, 0.3) is 11.3 Å². The van der Waals surface area contributed by atoms with Gasteiger partial charge < -0.3 is 4.74 Å². The van der Waals surface area contributed by atoms with E-state index in [4.69, 9.17) is 4.74 Å². The highest BCUT2D eigenvalue weighted by atomic mass is 32.2. The van der Waals surface area contributed by atoms with Gasteiger partial charge in [-0.15, -0.1) is 11.3 Å². The van der Waals surface area contributed by atoms with Gasteiger partial charge >= 0.3 is 0 Å². The summed E-state index contributed by atoms with van der Waals surface area (Å²) in [4.78, 5) is 17.2. The number of nitrogens with one attached hydrogen (secondary N) is 1. The number of unbranched alkanes of at least 4 members (excludes halogenated alkanes) is 2. The maximum Gasteiger partial charge on any atom is 0.257 e. The highest BCUT2D eigenvalue weighted by Gasteiger charge is 2.20. The molecule has 9 heteroatoms. The molecule has 0 atom stereocenters. The lowest BCUT2D eigenvalue weighted by atomic mass is 10.2. The van der Waals surface area contributed by atoms with E-state index in [9.17, 15) is 13.2 Å². The zero-order valence-corrected chi connectivity index (χ0v) is 20.0. The minimum absolute atomic E-state index is 0.170. The van der Waals surface area contributed by atoms with Crippen molar-refractivity contribution in [2.24, 2.45) is 0 Å². The molecule has 0 unspecified atom stereocenters. The second-order valence-electron chi connectivity index (χ2n) is 7.28. The summed E-state index contributed by atoms with van der Waals surface area (Å²) in [5.74, 6) is 0.413. The zero-order valence-electron chi connectivity index (χ0n) is 18.4. The van der Waals surface area contributed by atoms with Crippen LogP contribution in [-0.2, 0) is 10.0 Å². The monoisotopic (exact) mass is 473 g/mol. The van der Waals surface area contributed by atoms with Gasteiger partial charge in [-0.05, 0) is 55.0 Å². The molecular formula is C23H27N3O4S2. The molecule has 0 aliphatic heterocycles. The second kappa shape index (κ2) is 10.7. The number of carbonyl (C=O) groups is 1. The van der Waals surface area contributed by atoms with Crippen LogP contribution in [0.15, 0.2) is 58.8 Å². The number of rotatable bonds is 10. The van der Waals surface area contributed by atoms with Crippen molar-refractivity contribution >= 4 is 32.4 Å². The van der Waals surface area contributed by atoms with Gasteiger partial charge in [-0.2, -0.15) is 0 Å². The second-order valence-corrected chi connectivity index (χ2v) is 10.2. The quantitative estimate of drug-likeness (QED) is 0.424. The number of nitrogens with zero attached hydrogens (tertiary/aromatic N) is 2. The Kier molecular flexibility index (Phi) is 8.00. The van der Waals surface area contributed by atoms with Crippen LogP contribution in [0, 0.1) is 0 Å². The molecule has 170 valence electrons. The fourth-order valence-electron chi connectivity index (χ4n) is 3.06. The number of aromatic nitrogens is 1. The van der Waals surface area contributed by atoms with E-state index in [0.29, 0.717) is 17.2 Å². The normalized spacial score (nSPS) is 11.5. The third-order valence-electron chi connectivity index (χ3n) is 5.01. The van der Waals surface area contributed by atoms with Crippen LogP contribution in [0.4, 0.5) is 5.13 Å². The minimum Gasteiger partial charge on any atom is -0.497 e. The largest absolute Gasteiger partial charge is 0.497 e. The molecule has 1 aromatic heterocycles. The lowest BCUT2D eigenvalue weighted by Gasteiger charge is -2.17. The van der Waals surface area contributed by atoms with Crippen molar-refractivity contribution in [1.29, 1.82) is 0 Å². The van der Waals surface area contributed by atoms with E-state index in [1.807, 2.05) is 29.6 Å². The van der Waals surface area contributed by atoms with E-state index in [1.165, 1.54) is 39.9 Å². The topological polar surface area (TPSA) is 88.6 Å². The van der Waals surface area contributed by atoms with Gasteiger partial charge in [0.25, 0.3) is 5.91 Å². The number of ether oxygens (including phenoxy) is 1. The first-order valence-electron chi connectivity index (χ1n) is 10.3. The number of hydrogen-bond donors (Lipinski definition) is 1. The molecule has 32 heavy (non-hydrogen) atoms. The molecule has 0 aliphatic carbocycles. The van der Waals surface area contributed by atoms with E-state index < -0.39 is 10.0 Å². The van der Waals surface area contributed by atoms with E-state index in [1.54, 1.807) is 14.2 Å². The Morgan fingerprint density at radius 3 is 2.41 bits per heavy atom. The first-order valence-corrected chi connectivity index (χ1v) is 12.6. The highest BCUT2D eigenvalue weighted by Crippen LogP contribution is 2.27. The summed E-state index contributed by atoms with van der Waals surface area (Å²) in [5, 5.41) is 5.10. The lowest BCUT2D eigenvalue weighted by molar-refractivity contribution is 0.102. The molecule has 1 N–H and O–H groups in total. The molecule has 3 rings (SSSR count). The van der Waals surface area contributed by atoms with Crippen LogP contribution in [-0.4, -0.2) is 44.3 Å². The van der Waals surface area contributed by atoms with Crippen molar-refractivity contribution in [2.45, 2.75) is 31.1 Å². The Morgan fingerprint density at radius 2 is 1.78 bits per heavy atom. The average molecular weight is 474 g/mol. The van der Waals surface area contributed by atoms with Crippen LogP contribution in [0.3, 0.4) is 0 Å². The third-order valence-corrected chi connectivity index (χ3v) is 7.64. The van der Waals surface area contributed by atoms with E-state index >= 15 is 0 Å². The Bertz CT molecular complexity index is 1140. The van der Waals surface area contributed by atoms with Gasteiger partial charge in [-0.3, -0.25) is 10.1 Å². The molecule has 0 saturated carbocycles. The summed E-state index contributed by atoms with van der Waals surface area (Å²) in [6.07, 6.45) is 2.83.